The molecule has 0 aliphatic rings. The van der Waals surface area contributed by atoms with Crippen LogP contribution in [0.1, 0.15) is 31.4 Å². The number of aliphatic hydroxyl groups excluding tert-OH is 1. The molecule has 2 aromatic rings. The van der Waals surface area contributed by atoms with Gasteiger partial charge in [0.25, 0.3) is 0 Å². The van der Waals surface area contributed by atoms with E-state index < -0.39 is 0 Å². The van der Waals surface area contributed by atoms with Crippen molar-refractivity contribution in [3.63, 3.8) is 0 Å². The van der Waals surface area contributed by atoms with Crippen molar-refractivity contribution in [3.05, 3.63) is 65.7 Å². The maximum absolute atomic E-state index is 8.71. The van der Waals surface area contributed by atoms with E-state index in [1.807, 2.05) is 0 Å². The molecule has 23 heavy (non-hydrogen) atoms. The molecule has 3 nitrogen and oxygen atoms in total. The highest BCUT2D eigenvalue weighted by molar-refractivity contribution is 5.39. The summed E-state index contributed by atoms with van der Waals surface area (Å²) in [5.74, 6) is 0.916. The fourth-order valence-electron chi connectivity index (χ4n) is 2.64. The lowest BCUT2D eigenvalue weighted by Gasteiger charge is -2.26. The Morgan fingerprint density at radius 2 is 1.57 bits per heavy atom. The summed E-state index contributed by atoms with van der Waals surface area (Å²) in [5, 5.41) is 10.8. The lowest BCUT2D eigenvalue weighted by atomic mass is 9.78. The number of quaternary nitrogens is 1. The summed E-state index contributed by atoms with van der Waals surface area (Å²) < 4.78 is 5.78. The standard InChI is InChI=1S/C20H27NO2/c1-20(2,17-7-4-3-5-8-17)18-9-11-19(12-10-18)23-16-6-13-21-14-15-22/h3-5,7-12,21-22H,6,13-16H2,1-2H3/p+1. The van der Waals surface area contributed by atoms with Crippen LogP contribution in [-0.4, -0.2) is 31.4 Å². The second-order valence-electron chi connectivity index (χ2n) is 6.31. The van der Waals surface area contributed by atoms with Crippen LogP contribution in [0.3, 0.4) is 0 Å². The normalized spacial score (nSPS) is 11.4. The minimum absolute atomic E-state index is 0.0148. The minimum Gasteiger partial charge on any atom is -0.493 e. The summed E-state index contributed by atoms with van der Waals surface area (Å²) in [6, 6.07) is 19.0. The van der Waals surface area contributed by atoms with Gasteiger partial charge in [-0.3, -0.25) is 0 Å². The first-order chi connectivity index (χ1) is 11.1. The van der Waals surface area contributed by atoms with Gasteiger partial charge in [0.1, 0.15) is 5.75 Å². The van der Waals surface area contributed by atoms with Gasteiger partial charge in [0.2, 0.25) is 0 Å². The molecule has 0 fully saturated rings. The maximum atomic E-state index is 8.71. The fraction of sp³-hybridized carbons (Fsp3) is 0.400. The van der Waals surface area contributed by atoms with Crippen LogP contribution < -0.4 is 10.1 Å². The topological polar surface area (TPSA) is 46.1 Å². The Hall–Kier alpha value is -1.84. The van der Waals surface area contributed by atoms with Crippen molar-refractivity contribution in [2.75, 3.05) is 26.3 Å². The molecule has 0 radical (unpaired) electrons. The van der Waals surface area contributed by atoms with Crippen LogP contribution in [0.25, 0.3) is 0 Å². The van der Waals surface area contributed by atoms with Crippen molar-refractivity contribution in [3.8, 4) is 5.75 Å². The van der Waals surface area contributed by atoms with Crippen LogP contribution in [0.2, 0.25) is 0 Å². The quantitative estimate of drug-likeness (QED) is 0.698. The molecule has 3 N–H and O–H groups in total. The third-order valence-electron chi connectivity index (χ3n) is 4.23. The summed E-state index contributed by atoms with van der Waals surface area (Å²) in [6.45, 7) is 7.19. The van der Waals surface area contributed by atoms with Crippen LogP contribution in [-0.2, 0) is 5.41 Å². The van der Waals surface area contributed by atoms with Crippen molar-refractivity contribution in [2.24, 2.45) is 0 Å². The molecule has 0 spiro atoms. The van der Waals surface area contributed by atoms with Gasteiger partial charge in [-0.15, -0.1) is 0 Å². The smallest absolute Gasteiger partial charge is 0.119 e. The number of hydrogen-bond acceptors (Lipinski definition) is 2. The SMILES string of the molecule is CC(C)(c1ccccc1)c1ccc(OCCC[NH2+]CCO)cc1. The van der Waals surface area contributed by atoms with Gasteiger partial charge in [0, 0.05) is 11.8 Å². The van der Waals surface area contributed by atoms with Gasteiger partial charge < -0.3 is 15.2 Å². The Labute approximate surface area is 139 Å². The lowest BCUT2D eigenvalue weighted by molar-refractivity contribution is -0.656. The Balaban J connectivity index is 1.89. The average Bonchev–Trinajstić information content (AvgIpc) is 2.59. The number of ether oxygens (including phenoxy) is 1. The zero-order valence-electron chi connectivity index (χ0n) is 14.2. The Kier molecular flexibility index (Phi) is 6.63. The predicted octanol–water partition coefficient (Wildman–Crippen LogP) is 2.34. The fourth-order valence-corrected chi connectivity index (χ4v) is 2.64. The van der Waals surface area contributed by atoms with E-state index in [0.717, 1.165) is 25.3 Å². The van der Waals surface area contributed by atoms with E-state index in [1.54, 1.807) is 0 Å². The molecule has 2 aromatic carbocycles. The zero-order valence-corrected chi connectivity index (χ0v) is 14.2. The molecule has 0 aliphatic heterocycles. The lowest BCUT2D eigenvalue weighted by Crippen LogP contribution is -2.85. The van der Waals surface area contributed by atoms with Gasteiger partial charge in [0.15, 0.2) is 0 Å². The third kappa shape index (κ3) is 5.08. The van der Waals surface area contributed by atoms with Crippen LogP contribution in [0.15, 0.2) is 54.6 Å². The van der Waals surface area contributed by atoms with Gasteiger partial charge in [-0.05, 0) is 23.3 Å². The molecule has 0 amide bonds. The molecule has 3 heteroatoms. The molecule has 0 aliphatic carbocycles. The van der Waals surface area contributed by atoms with Gasteiger partial charge in [-0.25, -0.2) is 0 Å². The first-order valence-corrected chi connectivity index (χ1v) is 8.36. The summed E-state index contributed by atoms with van der Waals surface area (Å²) in [4.78, 5) is 0. The van der Waals surface area contributed by atoms with E-state index in [4.69, 9.17) is 9.84 Å². The molecular formula is C20H28NO2+. The summed E-state index contributed by atoms with van der Waals surface area (Å²) in [5.41, 5.74) is 2.58. The number of hydrogen-bond donors (Lipinski definition) is 2. The second-order valence-corrected chi connectivity index (χ2v) is 6.31. The van der Waals surface area contributed by atoms with Gasteiger partial charge in [-0.2, -0.15) is 0 Å². The number of benzene rings is 2. The van der Waals surface area contributed by atoms with Crippen molar-refractivity contribution >= 4 is 0 Å². The highest BCUT2D eigenvalue weighted by Gasteiger charge is 2.22. The third-order valence-corrected chi connectivity index (χ3v) is 4.23. The van der Waals surface area contributed by atoms with Crippen molar-refractivity contribution in [1.29, 1.82) is 0 Å². The van der Waals surface area contributed by atoms with Gasteiger partial charge in [-0.1, -0.05) is 56.3 Å². The molecular weight excluding hydrogens is 286 g/mol. The first-order valence-electron chi connectivity index (χ1n) is 8.36. The molecule has 0 unspecified atom stereocenters. The summed E-state index contributed by atoms with van der Waals surface area (Å²) in [7, 11) is 0. The zero-order chi connectivity index (χ0) is 16.5. The van der Waals surface area contributed by atoms with E-state index in [9.17, 15) is 0 Å². The largest absolute Gasteiger partial charge is 0.493 e. The van der Waals surface area contributed by atoms with E-state index >= 15 is 0 Å². The summed E-state index contributed by atoms with van der Waals surface area (Å²) in [6.07, 6.45) is 0.983. The minimum atomic E-state index is -0.0148. The maximum Gasteiger partial charge on any atom is 0.119 e. The number of aliphatic hydroxyl groups is 1. The molecule has 0 bridgehead atoms. The molecule has 124 valence electrons. The molecule has 0 heterocycles. The highest BCUT2D eigenvalue weighted by Crippen LogP contribution is 2.32. The Morgan fingerprint density at radius 3 is 2.22 bits per heavy atom. The monoisotopic (exact) mass is 314 g/mol. The van der Waals surface area contributed by atoms with Crippen LogP contribution in [0.4, 0.5) is 0 Å². The van der Waals surface area contributed by atoms with Crippen molar-refractivity contribution in [1.82, 2.24) is 0 Å². The van der Waals surface area contributed by atoms with E-state index in [-0.39, 0.29) is 12.0 Å². The van der Waals surface area contributed by atoms with E-state index in [1.165, 1.54) is 11.1 Å². The predicted molar refractivity (Wildman–Crippen MR) is 93.9 cm³/mol. The Bertz CT molecular complexity index is 564. The molecule has 2 rings (SSSR count). The van der Waals surface area contributed by atoms with E-state index in [0.29, 0.717) is 6.61 Å². The molecule has 0 aromatic heterocycles. The van der Waals surface area contributed by atoms with Crippen LogP contribution in [0.5, 0.6) is 5.75 Å². The first kappa shape index (κ1) is 17.5. The van der Waals surface area contributed by atoms with Crippen molar-refractivity contribution in [2.45, 2.75) is 25.7 Å². The summed E-state index contributed by atoms with van der Waals surface area (Å²) >= 11 is 0. The average molecular weight is 314 g/mol. The van der Waals surface area contributed by atoms with Crippen LogP contribution in [0, 0.1) is 0 Å². The van der Waals surface area contributed by atoms with E-state index in [2.05, 4.69) is 73.8 Å². The van der Waals surface area contributed by atoms with Crippen LogP contribution >= 0.6 is 0 Å². The van der Waals surface area contributed by atoms with Gasteiger partial charge in [0.05, 0.1) is 26.3 Å². The molecule has 0 saturated heterocycles. The molecule has 0 saturated carbocycles. The molecule has 0 atom stereocenters. The Morgan fingerprint density at radius 1 is 0.913 bits per heavy atom. The number of nitrogens with two attached hydrogens (primary N) is 1. The van der Waals surface area contributed by atoms with Gasteiger partial charge >= 0.3 is 0 Å². The number of rotatable bonds is 9. The van der Waals surface area contributed by atoms with Crippen molar-refractivity contribution < 1.29 is 15.2 Å². The highest BCUT2D eigenvalue weighted by atomic mass is 16.5. The second kappa shape index (κ2) is 8.70.